The lowest BCUT2D eigenvalue weighted by molar-refractivity contribution is -0.139. The van der Waals surface area contributed by atoms with Gasteiger partial charge >= 0.3 is 0 Å². The van der Waals surface area contributed by atoms with Crippen molar-refractivity contribution >= 4 is 17.7 Å². The lowest BCUT2D eigenvalue weighted by Crippen LogP contribution is -2.51. The van der Waals surface area contributed by atoms with Crippen LogP contribution in [-0.2, 0) is 14.4 Å². The number of likely N-dealkylation sites (tertiary alicyclic amines) is 1. The normalized spacial score (nSPS) is 22.7. The highest BCUT2D eigenvalue weighted by Gasteiger charge is 2.36. The number of amides is 3. The van der Waals surface area contributed by atoms with Gasteiger partial charge in [0, 0.05) is 24.9 Å². The van der Waals surface area contributed by atoms with Gasteiger partial charge in [-0.15, -0.1) is 0 Å². The van der Waals surface area contributed by atoms with Crippen LogP contribution >= 0.6 is 0 Å². The van der Waals surface area contributed by atoms with Gasteiger partial charge in [-0.2, -0.15) is 0 Å². The van der Waals surface area contributed by atoms with Crippen LogP contribution in [0.5, 0.6) is 0 Å². The number of nitrogens with two attached hydrogens (primary N) is 1. The summed E-state index contributed by atoms with van der Waals surface area (Å²) in [5.74, 6) is -0.475. The summed E-state index contributed by atoms with van der Waals surface area (Å²) in [6.07, 6.45) is 10.9. The van der Waals surface area contributed by atoms with Crippen molar-refractivity contribution in [3.63, 3.8) is 0 Å². The third-order valence-corrected chi connectivity index (χ3v) is 6.89. The number of rotatable bonds is 11. The van der Waals surface area contributed by atoms with Crippen molar-refractivity contribution in [3.8, 4) is 0 Å². The van der Waals surface area contributed by atoms with Gasteiger partial charge in [-0.25, -0.2) is 0 Å². The number of nitrogens with one attached hydrogen (secondary N) is 1. The Labute approximate surface area is 182 Å². The predicted molar refractivity (Wildman–Crippen MR) is 119 cm³/mol. The van der Waals surface area contributed by atoms with Crippen LogP contribution in [0.2, 0.25) is 0 Å². The maximum absolute atomic E-state index is 13.2. The Kier molecular flexibility index (Phi) is 10.1. The number of carbonyl (C=O) groups excluding carboxylic acids is 3. The molecule has 0 aromatic rings. The molecule has 2 aliphatic rings. The van der Waals surface area contributed by atoms with E-state index in [9.17, 15) is 14.4 Å². The SMILES string of the molecule is CCC[C@H](C(N)=O)[C@@H](CC(C)C)C(=O)N[C@H]1CCCCN(CCC2CCCC2)C1=O. The van der Waals surface area contributed by atoms with E-state index in [2.05, 4.69) is 5.32 Å². The molecular formula is C24H43N3O3. The van der Waals surface area contributed by atoms with Crippen LogP contribution in [0.15, 0.2) is 0 Å². The molecule has 172 valence electrons. The van der Waals surface area contributed by atoms with Gasteiger partial charge in [-0.1, -0.05) is 52.9 Å². The van der Waals surface area contributed by atoms with Crippen molar-refractivity contribution in [1.82, 2.24) is 10.2 Å². The maximum Gasteiger partial charge on any atom is 0.245 e. The molecule has 0 aromatic heterocycles. The third kappa shape index (κ3) is 7.28. The molecule has 6 nitrogen and oxygen atoms in total. The Hall–Kier alpha value is -1.59. The van der Waals surface area contributed by atoms with Gasteiger partial charge in [-0.05, 0) is 50.4 Å². The summed E-state index contributed by atoms with van der Waals surface area (Å²) in [6, 6.07) is -0.478. The zero-order valence-corrected chi connectivity index (χ0v) is 19.3. The predicted octanol–water partition coefficient (Wildman–Crippen LogP) is 3.63. The minimum atomic E-state index is -0.478. The fourth-order valence-corrected chi connectivity index (χ4v) is 5.19. The number of nitrogens with zero attached hydrogens (tertiary/aromatic N) is 1. The molecule has 1 saturated carbocycles. The number of hydrogen-bond donors (Lipinski definition) is 2. The summed E-state index contributed by atoms with van der Waals surface area (Å²) in [5, 5.41) is 3.03. The van der Waals surface area contributed by atoms with E-state index < -0.39 is 23.8 Å². The molecule has 1 aliphatic carbocycles. The standard InChI is InChI=1S/C24H43N3O3/c1-4-9-19(22(25)28)20(16-17(2)3)23(29)26-21-12-7-8-14-27(24(21)30)15-13-18-10-5-6-11-18/h17-21H,4-16H2,1-3H3,(H2,25,28)(H,26,29)/t19-,20+,21-/m0/s1. The fourth-order valence-electron chi connectivity index (χ4n) is 5.19. The van der Waals surface area contributed by atoms with Crippen LogP contribution < -0.4 is 11.1 Å². The summed E-state index contributed by atoms with van der Waals surface area (Å²) in [6.45, 7) is 7.67. The Morgan fingerprint density at radius 3 is 2.37 bits per heavy atom. The Balaban J connectivity index is 2.04. The van der Waals surface area contributed by atoms with Crippen LogP contribution in [0, 0.1) is 23.7 Å². The first kappa shape index (κ1) is 24.7. The largest absolute Gasteiger partial charge is 0.369 e. The lowest BCUT2D eigenvalue weighted by Gasteiger charge is -2.29. The second-order valence-electron chi connectivity index (χ2n) is 9.85. The number of hydrogen-bond acceptors (Lipinski definition) is 3. The van der Waals surface area contributed by atoms with E-state index in [0.717, 1.165) is 44.7 Å². The van der Waals surface area contributed by atoms with Crippen molar-refractivity contribution in [3.05, 3.63) is 0 Å². The van der Waals surface area contributed by atoms with Gasteiger partial charge in [0.05, 0.1) is 0 Å². The molecule has 1 heterocycles. The molecule has 2 rings (SSSR count). The van der Waals surface area contributed by atoms with Crippen molar-refractivity contribution in [2.75, 3.05) is 13.1 Å². The molecule has 3 N–H and O–H groups in total. The summed E-state index contributed by atoms with van der Waals surface area (Å²) in [7, 11) is 0. The van der Waals surface area contributed by atoms with E-state index in [1.54, 1.807) is 0 Å². The average molecular weight is 422 g/mol. The second kappa shape index (κ2) is 12.3. The molecule has 6 heteroatoms. The first-order valence-corrected chi connectivity index (χ1v) is 12.2. The summed E-state index contributed by atoms with van der Waals surface area (Å²) < 4.78 is 0. The van der Waals surface area contributed by atoms with Crippen LogP contribution in [-0.4, -0.2) is 41.8 Å². The zero-order valence-electron chi connectivity index (χ0n) is 19.3. The molecule has 0 bridgehead atoms. The van der Waals surface area contributed by atoms with E-state index in [1.807, 2.05) is 25.7 Å². The second-order valence-corrected chi connectivity index (χ2v) is 9.85. The molecule has 2 fully saturated rings. The highest BCUT2D eigenvalue weighted by atomic mass is 16.2. The summed E-state index contributed by atoms with van der Waals surface area (Å²) in [5.41, 5.74) is 5.65. The van der Waals surface area contributed by atoms with Gasteiger partial charge in [0.25, 0.3) is 0 Å². The maximum atomic E-state index is 13.2. The first-order valence-electron chi connectivity index (χ1n) is 12.2. The van der Waals surface area contributed by atoms with Crippen molar-refractivity contribution in [2.24, 2.45) is 29.4 Å². The number of carbonyl (C=O) groups is 3. The molecule has 3 atom stereocenters. The van der Waals surface area contributed by atoms with Gasteiger partial charge in [-0.3, -0.25) is 14.4 Å². The molecular weight excluding hydrogens is 378 g/mol. The van der Waals surface area contributed by atoms with E-state index >= 15 is 0 Å². The van der Waals surface area contributed by atoms with Crippen LogP contribution in [0.25, 0.3) is 0 Å². The Bertz CT molecular complexity index is 572. The smallest absolute Gasteiger partial charge is 0.245 e. The Morgan fingerprint density at radius 2 is 1.77 bits per heavy atom. The molecule has 3 amide bonds. The van der Waals surface area contributed by atoms with Crippen LogP contribution in [0.3, 0.4) is 0 Å². The van der Waals surface area contributed by atoms with Crippen LogP contribution in [0.4, 0.5) is 0 Å². The van der Waals surface area contributed by atoms with Gasteiger partial charge in [0.1, 0.15) is 6.04 Å². The number of primary amides is 1. The van der Waals surface area contributed by atoms with Crippen molar-refractivity contribution in [2.45, 2.75) is 97.4 Å². The van der Waals surface area contributed by atoms with Gasteiger partial charge in [0.15, 0.2) is 0 Å². The molecule has 0 radical (unpaired) electrons. The lowest BCUT2D eigenvalue weighted by atomic mass is 9.81. The monoisotopic (exact) mass is 421 g/mol. The van der Waals surface area contributed by atoms with Crippen molar-refractivity contribution < 1.29 is 14.4 Å². The van der Waals surface area contributed by atoms with Crippen molar-refractivity contribution in [1.29, 1.82) is 0 Å². The minimum absolute atomic E-state index is 0.0493. The van der Waals surface area contributed by atoms with E-state index in [0.29, 0.717) is 19.3 Å². The highest BCUT2D eigenvalue weighted by Crippen LogP contribution is 2.28. The summed E-state index contributed by atoms with van der Waals surface area (Å²) in [4.78, 5) is 40.4. The fraction of sp³-hybridized carbons (Fsp3) is 0.875. The topological polar surface area (TPSA) is 92.5 Å². The van der Waals surface area contributed by atoms with E-state index in [1.165, 1.54) is 25.7 Å². The quantitative estimate of drug-likeness (QED) is 0.533. The van der Waals surface area contributed by atoms with Crippen LogP contribution in [0.1, 0.15) is 91.4 Å². The zero-order chi connectivity index (χ0) is 22.1. The molecule has 0 aromatic carbocycles. The molecule has 1 saturated heterocycles. The molecule has 30 heavy (non-hydrogen) atoms. The minimum Gasteiger partial charge on any atom is -0.369 e. The van der Waals surface area contributed by atoms with Gasteiger partial charge in [0.2, 0.25) is 17.7 Å². The Morgan fingerprint density at radius 1 is 1.10 bits per heavy atom. The van der Waals surface area contributed by atoms with E-state index in [-0.39, 0.29) is 17.7 Å². The molecule has 1 aliphatic heterocycles. The average Bonchev–Trinajstić information content (AvgIpc) is 3.15. The summed E-state index contributed by atoms with van der Waals surface area (Å²) >= 11 is 0. The highest BCUT2D eigenvalue weighted by molar-refractivity contribution is 5.91. The van der Waals surface area contributed by atoms with E-state index in [4.69, 9.17) is 5.73 Å². The first-order chi connectivity index (χ1) is 14.3. The third-order valence-electron chi connectivity index (χ3n) is 6.89. The molecule has 0 spiro atoms. The molecule has 0 unspecified atom stereocenters. The van der Waals surface area contributed by atoms with Gasteiger partial charge < -0.3 is 16.0 Å².